The van der Waals surface area contributed by atoms with Crippen LogP contribution in [-0.2, 0) is 0 Å². The van der Waals surface area contributed by atoms with Crippen LogP contribution in [0.25, 0.3) is 0 Å². The average Bonchev–Trinajstić information content (AvgIpc) is 1.93. The molecule has 0 radical (unpaired) electrons. The van der Waals surface area contributed by atoms with Crippen molar-refractivity contribution in [3.63, 3.8) is 0 Å². The van der Waals surface area contributed by atoms with Gasteiger partial charge in [-0.1, -0.05) is 0 Å². The third-order valence-corrected chi connectivity index (χ3v) is 1.16. The van der Waals surface area contributed by atoms with Gasteiger partial charge in [0.05, 0.1) is 6.10 Å². The van der Waals surface area contributed by atoms with Gasteiger partial charge in [-0.05, 0) is 26.0 Å². The lowest BCUT2D eigenvalue weighted by Crippen LogP contribution is -2.07. The fourth-order valence-corrected chi connectivity index (χ4v) is 0.756. The molecular formula is C8H12N2O. The molecule has 0 aliphatic carbocycles. The summed E-state index contributed by atoms with van der Waals surface area (Å²) in [6, 6.07) is 3.61. The van der Waals surface area contributed by atoms with Gasteiger partial charge in [0.15, 0.2) is 11.6 Å². The molecule has 0 aliphatic heterocycles. The largest absolute Gasteiger partial charge is 0.487 e. The number of anilines is 1. The number of hydrogen-bond donors (Lipinski definition) is 1. The fourth-order valence-electron chi connectivity index (χ4n) is 0.756. The Morgan fingerprint density at radius 3 is 2.82 bits per heavy atom. The zero-order chi connectivity index (χ0) is 8.27. The van der Waals surface area contributed by atoms with Crippen LogP contribution in [0.1, 0.15) is 13.8 Å². The first-order valence-electron chi connectivity index (χ1n) is 3.57. The minimum atomic E-state index is 0.140. The predicted octanol–water partition coefficient (Wildman–Crippen LogP) is 1.45. The van der Waals surface area contributed by atoms with Gasteiger partial charge in [-0.25, -0.2) is 4.98 Å². The number of nitrogens with two attached hydrogens (primary N) is 1. The lowest BCUT2D eigenvalue weighted by atomic mass is 10.4. The van der Waals surface area contributed by atoms with E-state index in [-0.39, 0.29) is 6.10 Å². The van der Waals surface area contributed by atoms with E-state index < -0.39 is 0 Å². The second kappa shape index (κ2) is 3.23. The predicted molar refractivity (Wildman–Crippen MR) is 44.4 cm³/mol. The Morgan fingerprint density at radius 2 is 2.27 bits per heavy atom. The molecule has 0 spiro atoms. The lowest BCUT2D eigenvalue weighted by Gasteiger charge is -2.09. The van der Waals surface area contributed by atoms with Crippen molar-refractivity contribution in [1.82, 2.24) is 4.98 Å². The first-order valence-corrected chi connectivity index (χ1v) is 3.57. The molecule has 0 atom stereocenters. The van der Waals surface area contributed by atoms with E-state index in [4.69, 9.17) is 10.5 Å². The smallest absolute Gasteiger partial charge is 0.166 e. The molecule has 0 amide bonds. The molecule has 0 fully saturated rings. The molecule has 60 valence electrons. The number of rotatable bonds is 2. The zero-order valence-electron chi connectivity index (χ0n) is 6.74. The van der Waals surface area contributed by atoms with Crippen molar-refractivity contribution in [2.75, 3.05) is 5.73 Å². The molecule has 0 aromatic carbocycles. The van der Waals surface area contributed by atoms with E-state index in [1.54, 1.807) is 12.3 Å². The van der Waals surface area contributed by atoms with Crippen molar-refractivity contribution in [3.8, 4) is 5.75 Å². The highest BCUT2D eigenvalue weighted by Crippen LogP contribution is 2.17. The van der Waals surface area contributed by atoms with Gasteiger partial charge in [-0.3, -0.25) is 0 Å². The summed E-state index contributed by atoms with van der Waals surface area (Å²) in [4.78, 5) is 3.88. The van der Waals surface area contributed by atoms with Gasteiger partial charge in [0.1, 0.15) is 0 Å². The summed E-state index contributed by atoms with van der Waals surface area (Å²) >= 11 is 0. The van der Waals surface area contributed by atoms with Crippen LogP contribution in [0.3, 0.4) is 0 Å². The van der Waals surface area contributed by atoms with Gasteiger partial charge < -0.3 is 10.5 Å². The molecule has 1 heterocycles. The Labute approximate surface area is 66.2 Å². The number of pyridine rings is 1. The van der Waals surface area contributed by atoms with E-state index in [0.29, 0.717) is 11.6 Å². The van der Waals surface area contributed by atoms with Gasteiger partial charge in [-0.15, -0.1) is 0 Å². The molecule has 3 heteroatoms. The summed E-state index contributed by atoms with van der Waals surface area (Å²) in [5.74, 6) is 1.10. The molecule has 2 N–H and O–H groups in total. The van der Waals surface area contributed by atoms with Gasteiger partial charge in [0.25, 0.3) is 0 Å². The van der Waals surface area contributed by atoms with Crippen LogP contribution in [0.2, 0.25) is 0 Å². The minimum Gasteiger partial charge on any atom is -0.487 e. The number of hydrogen-bond acceptors (Lipinski definition) is 3. The molecule has 3 nitrogen and oxygen atoms in total. The Bertz CT molecular complexity index is 235. The molecular weight excluding hydrogens is 140 g/mol. The molecule has 0 unspecified atom stereocenters. The summed E-state index contributed by atoms with van der Waals surface area (Å²) in [5.41, 5.74) is 5.53. The minimum absolute atomic E-state index is 0.140. The molecule has 0 saturated heterocycles. The van der Waals surface area contributed by atoms with Gasteiger partial charge in [0, 0.05) is 6.20 Å². The van der Waals surface area contributed by atoms with Crippen molar-refractivity contribution in [3.05, 3.63) is 18.3 Å². The van der Waals surface area contributed by atoms with E-state index in [2.05, 4.69) is 4.98 Å². The molecule has 1 aromatic rings. The van der Waals surface area contributed by atoms with E-state index in [0.717, 1.165) is 0 Å². The third-order valence-electron chi connectivity index (χ3n) is 1.16. The second-order valence-corrected chi connectivity index (χ2v) is 2.55. The quantitative estimate of drug-likeness (QED) is 0.697. The third kappa shape index (κ3) is 2.11. The van der Waals surface area contributed by atoms with Crippen molar-refractivity contribution in [2.24, 2.45) is 0 Å². The summed E-state index contributed by atoms with van der Waals surface area (Å²) in [6.07, 6.45) is 1.78. The SMILES string of the molecule is CC(C)Oc1cccnc1N. The highest BCUT2D eigenvalue weighted by Gasteiger charge is 2.00. The lowest BCUT2D eigenvalue weighted by molar-refractivity contribution is 0.243. The maximum Gasteiger partial charge on any atom is 0.166 e. The van der Waals surface area contributed by atoms with Crippen molar-refractivity contribution < 1.29 is 4.74 Å². The van der Waals surface area contributed by atoms with Crippen molar-refractivity contribution in [2.45, 2.75) is 20.0 Å². The van der Waals surface area contributed by atoms with Crippen LogP contribution in [0.5, 0.6) is 5.75 Å². The zero-order valence-corrected chi connectivity index (χ0v) is 6.74. The second-order valence-electron chi connectivity index (χ2n) is 2.55. The molecule has 11 heavy (non-hydrogen) atoms. The van der Waals surface area contributed by atoms with E-state index in [1.165, 1.54) is 0 Å². The van der Waals surface area contributed by atoms with E-state index in [1.807, 2.05) is 19.9 Å². The Morgan fingerprint density at radius 1 is 1.55 bits per heavy atom. The first kappa shape index (κ1) is 7.85. The van der Waals surface area contributed by atoms with Gasteiger partial charge >= 0.3 is 0 Å². The summed E-state index contributed by atoms with van der Waals surface area (Å²) in [5, 5.41) is 0. The molecule has 0 saturated carbocycles. The maximum absolute atomic E-state index is 5.53. The van der Waals surface area contributed by atoms with Crippen LogP contribution in [0, 0.1) is 0 Å². The Kier molecular flexibility index (Phi) is 2.31. The van der Waals surface area contributed by atoms with Crippen LogP contribution >= 0.6 is 0 Å². The molecule has 1 aromatic heterocycles. The van der Waals surface area contributed by atoms with E-state index >= 15 is 0 Å². The van der Waals surface area contributed by atoms with Crippen LogP contribution in [0.4, 0.5) is 5.82 Å². The number of nitrogens with zero attached hydrogens (tertiary/aromatic N) is 1. The Balaban J connectivity index is 2.78. The average molecular weight is 152 g/mol. The standard InChI is InChI=1S/C8H12N2O/c1-6(2)11-7-4-3-5-10-8(7)9/h3-6H,1-2H3,(H2,9,10). The van der Waals surface area contributed by atoms with Gasteiger partial charge in [0.2, 0.25) is 0 Å². The fraction of sp³-hybridized carbons (Fsp3) is 0.375. The summed E-state index contributed by atoms with van der Waals surface area (Å²) in [6.45, 7) is 3.90. The van der Waals surface area contributed by atoms with E-state index in [9.17, 15) is 0 Å². The highest BCUT2D eigenvalue weighted by molar-refractivity contribution is 5.44. The molecule has 0 bridgehead atoms. The highest BCUT2D eigenvalue weighted by atomic mass is 16.5. The first-order chi connectivity index (χ1) is 5.20. The Hall–Kier alpha value is -1.25. The monoisotopic (exact) mass is 152 g/mol. The molecule has 0 aliphatic rings. The number of ether oxygens (including phenoxy) is 1. The van der Waals surface area contributed by atoms with Crippen molar-refractivity contribution >= 4 is 5.82 Å². The van der Waals surface area contributed by atoms with Crippen molar-refractivity contribution in [1.29, 1.82) is 0 Å². The van der Waals surface area contributed by atoms with Gasteiger partial charge in [-0.2, -0.15) is 0 Å². The number of nitrogen functional groups attached to an aromatic ring is 1. The topological polar surface area (TPSA) is 48.1 Å². The summed E-state index contributed by atoms with van der Waals surface area (Å²) < 4.78 is 5.36. The molecule has 1 rings (SSSR count). The normalized spacial score (nSPS) is 10.1. The van der Waals surface area contributed by atoms with Crippen LogP contribution < -0.4 is 10.5 Å². The van der Waals surface area contributed by atoms with Crippen LogP contribution in [-0.4, -0.2) is 11.1 Å². The van der Waals surface area contributed by atoms with Crippen LogP contribution in [0.15, 0.2) is 18.3 Å². The maximum atomic E-state index is 5.53. The number of aromatic nitrogens is 1. The summed E-state index contributed by atoms with van der Waals surface area (Å²) in [7, 11) is 0.